The van der Waals surface area contributed by atoms with E-state index >= 15 is 0 Å². The van der Waals surface area contributed by atoms with Crippen molar-refractivity contribution in [2.45, 2.75) is 18.5 Å². The molecule has 1 heterocycles. The molecule has 1 rings (SSSR count). The Balaban J connectivity index is 3.26. The van der Waals surface area contributed by atoms with Gasteiger partial charge in [-0.15, -0.1) is 0 Å². The van der Waals surface area contributed by atoms with Gasteiger partial charge in [0.25, 0.3) is 0 Å². The number of nitrogen functional groups attached to an aromatic ring is 1. The van der Waals surface area contributed by atoms with Gasteiger partial charge >= 0.3 is 0 Å². The van der Waals surface area contributed by atoms with Gasteiger partial charge in [-0.3, -0.25) is 0 Å². The highest BCUT2D eigenvalue weighted by molar-refractivity contribution is 7.90. The molecule has 0 aliphatic rings. The summed E-state index contributed by atoms with van der Waals surface area (Å²) in [6.45, 7) is 1.90. The Morgan fingerprint density at radius 1 is 1.54 bits per heavy atom. The van der Waals surface area contributed by atoms with Crippen LogP contribution in [-0.2, 0) is 16.3 Å². The first kappa shape index (κ1) is 9.91. The molecule has 5 nitrogen and oxygen atoms in total. The standard InChI is InChI=1S/C7H11N3O2S/c1-3-5-4-9-7(10-6(5)8)13(2,11)12/h4H,3H2,1-2H3,(H2,8,9,10). The van der Waals surface area contributed by atoms with E-state index in [4.69, 9.17) is 5.73 Å². The highest BCUT2D eigenvalue weighted by atomic mass is 32.2. The molecule has 0 unspecified atom stereocenters. The van der Waals surface area contributed by atoms with Crippen molar-refractivity contribution in [1.82, 2.24) is 9.97 Å². The summed E-state index contributed by atoms with van der Waals surface area (Å²) in [6, 6.07) is 0. The fourth-order valence-corrected chi connectivity index (χ4v) is 1.36. The van der Waals surface area contributed by atoms with Gasteiger partial charge < -0.3 is 5.73 Å². The van der Waals surface area contributed by atoms with Crippen LogP contribution in [0.2, 0.25) is 0 Å². The molecule has 1 aromatic rings. The lowest BCUT2D eigenvalue weighted by Gasteiger charge is -2.02. The first-order valence-electron chi connectivity index (χ1n) is 3.76. The summed E-state index contributed by atoms with van der Waals surface area (Å²) in [5.41, 5.74) is 6.27. The number of hydrogen-bond donors (Lipinski definition) is 1. The molecule has 13 heavy (non-hydrogen) atoms. The van der Waals surface area contributed by atoms with Crippen molar-refractivity contribution < 1.29 is 8.42 Å². The summed E-state index contributed by atoms with van der Waals surface area (Å²) >= 11 is 0. The van der Waals surface area contributed by atoms with Gasteiger partial charge in [-0.1, -0.05) is 6.92 Å². The first-order chi connectivity index (χ1) is 5.95. The number of anilines is 1. The molecule has 0 amide bonds. The van der Waals surface area contributed by atoms with E-state index in [-0.39, 0.29) is 11.0 Å². The van der Waals surface area contributed by atoms with Gasteiger partial charge in [0.05, 0.1) is 0 Å². The van der Waals surface area contributed by atoms with Gasteiger partial charge in [0.15, 0.2) is 0 Å². The average Bonchev–Trinajstić information content (AvgIpc) is 2.02. The fourth-order valence-electron chi connectivity index (χ4n) is 0.854. The van der Waals surface area contributed by atoms with Crippen LogP contribution in [-0.4, -0.2) is 24.6 Å². The van der Waals surface area contributed by atoms with Crippen molar-refractivity contribution in [1.29, 1.82) is 0 Å². The van der Waals surface area contributed by atoms with E-state index in [9.17, 15) is 8.42 Å². The number of nitrogens with two attached hydrogens (primary N) is 1. The fraction of sp³-hybridized carbons (Fsp3) is 0.429. The van der Waals surface area contributed by atoms with Crippen LogP contribution >= 0.6 is 0 Å². The number of nitrogens with zero attached hydrogens (tertiary/aromatic N) is 2. The zero-order valence-electron chi connectivity index (χ0n) is 7.48. The minimum absolute atomic E-state index is 0.220. The van der Waals surface area contributed by atoms with Gasteiger partial charge in [0.1, 0.15) is 5.82 Å². The zero-order valence-corrected chi connectivity index (χ0v) is 8.30. The topological polar surface area (TPSA) is 85.9 Å². The normalized spacial score (nSPS) is 11.5. The van der Waals surface area contributed by atoms with Crippen LogP contribution < -0.4 is 5.73 Å². The van der Waals surface area contributed by atoms with Crippen LogP contribution in [0.5, 0.6) is 0 Å². The summed E-state index contributed by atoms with van der Waals surface area (Å²) in [5.74, 6) is 0.234. The minimum Gasteiger partial charge on any atom is -0.383 e. The van der Waals surface area contributed by atoms with Crippen molar-refractivity contribution in [2.24, 2.45) is 0 Å². The van der Waals surface area contributed by atoms with Gasteiger partial charge in [0, 0.05) is 18.0 Å². The van der Waals surface area contributed by atoms with E-state index in [1.807, 2.05) is 6.92 Å². The lowest BCUT2D eigenvalue weighted by atomic mass is 10.2. The molecule has 0 aliphatic carbocycles. The van der Waals surface area contributed by atoms with Crippen LogP contribution in [0.1, 0.15) is 12.5 Å². The van der Waals surface area contributed by atoms with Gasteiger partial charge in [-0.2, -0.15) is 0 Å². The largest absolute Gasteiger partial charge is 0.383 e. The highest BCUT2D eigenvalue weighted by Gasteiger charge is 2.12. The molecule has 0 saturated carbocycles. The molecule has 0 radical (unpaired) electrons. The molecule has 0 aliphatic heterocycles. The molecular formula is C7H11N3O2S. The van der Waals surface area contributed by atoms with Crippen LogP contribution in [0.25, 0.3) is 0 Å². The molecule has 0 bridgehead atoms. The van der Waals surface area contributed by atoms with Crippen LogP contribution in [0.3, 0.4) is 0 Å². The first-order valence-corrected chi connectivity index (χ1v) is 5.65. The quantitative estimate of drug-likeness (QED) is 0.682. The summed E-state index contributed by atoms with van der Waals surface area (Å²) in [5, 5.41) is -0.220. The summed E-state index contributed by atoms with van der Waals surface area (Å²) < 4.78 is 22.0. The molecular weight excluding hydrogens is 190 g/mol. The van der Waals surface area contributed by atoms with Crippen molar-refractivity contribution in [3.8, 4) is 0 Å². The lowest BCUT2D eigenvalue weighted by Crippen LogP contribution is -2.08. The molecule has 1 aromatic heterocycles. The molecule has 6 heteroatoms. The van der Waals surface area contributed by atoms with E-state index in [1.165, 1.54) is 6.20 Å². The van der Waals surface area contributed by atoms with Crippen molar-refractivity contribution in [3.05, 3.63) is 11.8 Å². The predicted octanol–water partition coefficient (Wildman–Crippen LogP) is 0.0247. The maximum absolute atomic E-state index is 11.0. The van der Waals surface area contributed by atoms with Crippen molar-refractivity contribution >= 4 is 15.7 Å². The third-order valence-corrected chi connectivity index (χ3v) is 2.45. The van der Waals surface area contributed by atoms with E-state index in [2.05, 4.69) is 9.97 Å². The number of sulfone groups is 1. The summed E-state index contributed by atoms with van der Waals surface area (Å²) in [4.78, 5) is 7.40. The monoisotopic (exact) mass is 201 g/mol. The van der Waals surface area contributed by atoms with Gasteiger partial charge in [0.2, 0.25) is 15.0 Å². The Morgan fingerprint density at radius 3 is 2.54 bits per heavy atom. The SMILES string of the molecule is CCc1cnc(S(C)(=O)=O)nc1N. The second kappa shape index (κ2) is 3.29. The highest BCUT2D eigenvalue weighted by Crippen LogP contribution is 2.10. The van der Waals surface area contributed by atoms with Gasteiger partial charge in [-0.05, 0) is 6.42 Å². The van der Waals surface area contributed by atoms with Crippen LogP contribution in [0.4, 0.5) is 5.82 Å². The Bertz CT molecular complexity index is 414. The number of aryl methyl sites for hydroxylation is 1. The van der Waals surface area contributed by atoms with Crippen LogP contribution in [0, 0.1) is 0 Å². The number of rotatable bonds is 2. The molecule has 72 valence electrons. The van der Waals surface area contributed by atoms with Crippen molar-refractivity contribution in [2.75, 3.05) is 12.0 Å². The Morgan fingerprint density at radius 2 is 2.15 bits per heavy atom. The maximum atomic E-state index is 11.0. The molecule has 0 saturated heterocycles. The van der Waals surface area contributed by atoms with E-state index in [0.717, 1.165) is 11.8 Å². The second-order valence-corrected chi connectivity index (χ2v) is 4.60. The molecule has 2 N–H and O–H groups in total. The predicted molar refractivity (Wildman–Crippen MR) is 48.9 cm³/mol. The summed E-state index contributed by atoms with van der Waals surface area (Å²) in [6.07, 6.45) is 3.18. The Labute approximate surface area is 76.9 Å². The smallest absolute Gasteiger partial charge is 0.248 e. The zero-order chi connectivity index (χ0) is 10.1. The minimum atomic E-state index is -3.35. The van der Waals surface area contributed by atoms with E-state index < -0.39 is 9.84 Å². The van der Waals surface area contributed by atoms with Crippen molar-refractivity contribution in [3.63, 3.8) is 0 Å². The van der Waals surface area contributed by atoms with Crippen LogP contribution in [0.15, 0.2) is 11.4 Å². The number of hydrogen-bond acceptors (Lipinski definition) is 5. The van der Waals surface area contributed by atoms with E-state index in [0.29, 0.717) is 6.42 Å². The summed E-state index contributed by atoms with van der Waals surface area (Å²) in [7, 11) is -3.35. The molecule has 0 fully saturated rings. The molecule has 0 aromatic carbocycles. The Hall–Kier alpha value is -1.17. The maximum Gasteiger partial charge on any atom is 0.248 e. The lowest BCUT2D eigenvalue weighted by molar-refractivity contribution is 0.593. The van der Waals surface area contributed by atoms with E-state index in [1.54, 1.807) is 0 Å². The Kier molecular flexibility index (Phi) is 2.51. The second-order valence-electron chi connectivity index (χ2n) is 2.69. The average molecular weight is 201 g/mol. The molecule has 0 atom stereocenters. The van der Waals surface area contributed by atoms with Gasteiger partial charge in [-0.25, -0.2) is 18.4 Å². The third-order valence-electron chi connectivity index (χ3n) is 1.59. The number of aromatic nitrogens is 2. The molecule has 0 spiro atoms. The third kappa shape index (κ3) is 2.15.